The number of carbonyl (C=O) groups excluding carboxylic acids is 1. The molecular formula is C14H13BrCl2N2O2. The van der Waals surface area contributed by atoms with Gasteiger partial charge < -0.3 is 15.0 Å². The number of anilines is 1. The zero-order chi connectivity index (χ0) is 15.6. The Morgan fingerprint density at radius 3 is 2.52 bits per heavy atom. The number of hydrogen-bond donors (Lipinski definition) is 2. The van der Waals surface area contributed by atoms with Crippen molar-refractivity contribution in [2.24, 2.45) is 0 Å². The second-order valence-corrected chi connectivity index (χ2v) is 6.21. The fraction of sp³-hybridized carbons (Fsp3) is 0.214. The average molecular weight is 392 g/mol. The number of aromatic nitrogens is 1. The summed E-state index contributed by atoms with van der Waals surface area (Å²) in [5, 5.41) is 12.4. The average Bonchev–Trinajstić information content (AvgIpc) is 2.77. The van der Waals surface area contributed by atoms with E-state index >= 15 is 0 Å². The summed E-state index contributed by atoms with van der Waals surface area (Å²) in [5.41, 5.74) is 0.956. The van der Waals surface area contributed by atoms with Crippen LogP contribution in [0.15, 0.2) is 28.9 Å². The lowest BCUT2D eigenvalue weighted by molar-refractivity contribution is 0.101. The number of carbonyl (C=O) groups is 1. The van der Waals surface area contributed by atoms with Crippen LogP contribution >= 0.6 is 39.1 Å². The molecule has 0 radical (unpaired) electrons. The second kappa shape index (κ2) is 6.73. The Labute approximate surface area is 140 Å². The Morgan fingerprint density at radius 1 is 1.33 bits per heavy atom. The molecule has 0 bridgehead atoms. The van der Waals surface area contributed by atoms with Gasteiger partial charge in [-0.15, -0.1) is 0 Å². The number of amides is 1. The molecule has 4 nitrogen and oxygen atoms in total. The van der Waals surface area contributed by atoms with Crippen LogP contribution in [0.1, 0.15) is 23.8 Å². The largest absolute Gasteiger partial charge is 0.505 e. The van der Waals surface area contributed by atoms with Gasteiger partial charge in [-0.25, -0.2) is 0 Å². The minimum Gasteiger partial charge on any atom is -0.505 e. The molecule has 0 atom stereocenters. The minimum absolute atomic E-state index is 0.0860. The van der Waals surface area contributed by atoms with E-state index in [0.29, 0.717) is 11.4 Å². The van der Waals surface area contributed by atoms with Gasteiger partial charge in [0.2, 0.25) is 0 Å². The zero-order valence-corrected chi connectivity index (χ0v) is 14.3. The molecule has 0 fully saturated rings. The van der Waals surface area contributed by atoms with Gasteiger partial charge in [-0.2, -0.15) is 0 Å². The molecule has 1 heterocycles. The first-order valence-corrected chi connectivity index (χ1v) is 7.82. The van der Waals surface area contributed by atoms with Crippen LogP contribution in [0.5, 0.6) is 5.75 Å². The summed E-state index contributed by atoms with van der Waals surface area (Å²) in [5.74, 6) is -0.472. The van der Waals surface area contributed by atoms with Crippen molar-refractivity contribution in [1.82, 2.24) is 4.57 Å². The molecule has 0 spiro atoms. The third-order valence-electron chi connectivity index (χ3n) is 2.84. The predicted octanol–water partition coefficient (Wildman–Crippen LogP) is 4.93. The van der Waals surface area contributed by atoms with E-state index in [0.717, 1.165) is 17.4 Å². The number of nitrogens with zero attached hydrogens (tertiary/aromatic N) is 1. The number of phenols is 1. The number of benzene rings is 1. The predicted molar refractivity (Wildman–Crippen MR) is 88.5 cm³/mol. The third kappa shape index (κ3) is 3.73. The van der Waals surface area contributed by atoms with Crippen molar-refractivity contribution >= 4 is 50.7 Å². The van der Waals surface area contributed by atoms with Crippen molar-refractivity contribution in [3.05, 3.63) is 44.6 Å². The van der Waals surface area contributed by atoms with E-state index in [1.165, 1.54) is 12.1 Å². The summed E-state index contributed by atoms with van der Waals surface area (Å²) in [6.45, 7) is 2.78. The number of rotatable bonds is 4. The van der Waals surface area contributed by atoms with Crippen molar-refractivity contribution < 1.29 is 9.90 Å². The molecule has 0 aliphatic heterocycles. The third-order valence-corrected chi connectivity index (χ3v) is 3.85. The van der Waals surface area contributed by atoms with Crippen LogP contribution in [0.2, 0.25) is 10.0 Å². The fourth-order valence-electron chi connectivity index (χ4n) is 1.92. The van der Waals surface area contributed by atoms with Gasteiger partial charge in [-0.3, -0.25) is 4.79 Å². The lowest BCUT2D eigenvalue weighted by Gasteiger charge is -2.10. The van der Waals surface area contributed by atoms with Gasteiger partial charge in [0.05, 0.1) is 10.0 Å². The van der Waals surface area contributed by atoms with Gasteiger partial charge in [-0.05, 0) is 40.5 Å². The van der Waals surface area contributed by atoms with Gasteiger partial charge in [0.25, 0.3) is 5.91 Å². The lowest BCUT2D eigenvalue weighted by Crippen LogP contribution is -2.16. The van der Waals surface area contributed by atoms with E-state index < -0.39 is 0 Å². The lowest BCUT2D eigenvalue weighted by atomic mass is 10.3. The van der Waals surface area contributed by atoms with Crippen molar-refractivity contribution in [3.8, 4) is 5.75 Å². The summed E-state index contributed by atoms with van der Waals surface area (Å²) in [4.78, 5) is 12.3. The molecule has 112 valence electrons. The number of phenolic OH excluding ortho intramolecular Hbond substituents is 1. The molecule has 1 aromatic heterocycles. The number of hydrogen-bond acceptors (Lipinski definition) is 2. The van der Waals surface area contributed by atoms with Crippen LogP contribution in [0, 0.1) is 0 Å². The first kappa shape index (κ1) is 16.2. The Hall–Kier alpha value is -1.17. The molecule has 2 rings (SSSR count). The van der Waals surface area contributed by atoms with Crippen molar-refractivity contribution in [1.29, 1.82) is 0 Å². The van der Waals surface area contributed by atoms with E-state index in [-0.39, 0.29) is 21.7 Å². The van der Waals surface area contributed by atoms with Gasteiger partial charge in [0.15, 0.2) is 5.75 Å². The van der Waals surface area contributed by atoms with Gasteiger partial charge in [-0.1, -0.05) is 30.1 Å². The smallest absolute Gasteiger partial charge is 0.272 e. The maximum atomic E-state index is 12.3. The molecule has 0 saturated heterocycles. The number of nitrogens with one attached hydrogen (secondary N) is 1. The van der Waals surface area contributed by atoms with Crippen LogP contribution in [0.4, 0.5) is 5.69 Å². The molecule has 1 aromatic carbocycles. The zero-order valence-electron chi connectivity index (χ0n) is 11.2. The molecule has 0 aliphatic rings. The summed E-state index contributed by atoms with van der Waals surface area (Å²) >= 11 is 15.0. The maximum Gasteiger partial charge on any atom is 0.272 e. The number of halogens is 3. The molecule has 21 heavy (non-hydrogen) atoms. The van der Waals surface area contributed by atoms with Gasteiger partial charge >= 0.3 is 0 Å². The summed E-state index contributed by atoms with van der Waals surface area (Å²) in [7, 11) is 0. The highest BCUT2D eigenvalue weighted by Gasteiger charge is 2.14. The van der Waals surface area contributed by atoms with Crippen LogP contribution in [-0.4, -0.2) is 15.6 Å². The SMILES string of the molecule is CCCn1cc(Br)cc1C(=O)Nc1cc(Cl)c(O)c(Cl)c1. The number of aryl methyl sites for hydroxylation is 1. The quantitative estimate of drug-likeness (QED) is 0.726. The van der Waals surface area contributed by atoms with Crippen molar-refractivity contribution in [2.75, 3.05) is 5.32 Å². The monoisotopic (exact) mass is 390 g/mol. The summed E-state index contributed by atoms with van der Waals surface area (Å²) in [6, 6.07) is 4.64. The summed E-state index contributed by atoms with van der Waals surface area (Å²) < 4.78 is 2.70. The highest BCUT2D eigenvalue weighted by molar-refractivity contribution is 9.10. The molecule has 0 aliphatic carbocycles. The molecule has 1 amide bonds. The number of aromatic hydroxyl groups is 1. The van der Waals surface area contributed by atoms with Crippen LogP contribution in [0.3, 0.4) is 0 Å². The van der Waals surface area contributed by atoms with Crippen molar-refractivity contribution in [3.63, 3.8) is 0 Å². The molecule has 0 saturated carbocycles. The topological polar surface area (TPSA) is 54.3 Å². The molecule has 0 unspecified atom stereocenters. The Kier molecular flexibility index (Phi) is 5.19. The van der Waals surface area contributed by atoms with Gasteiger partial charge in [0.1, 0.15) is 5.69 Å². The second-order valence-electron chi connectivity index (χ2n) is 4.48. The minimum atomic E-state index is -0.271. The van der Waals surface area contributed by atoms with Crippen molar-refractivity contribution in [2.45, 2.75) is 19.9 Å². The van der Waals surface area contributed by atoms with Crippen LogP contribution in [0.25, 0.3) is 0 Å². The Morgan fingerprint density at radius 2 is 1.95 bits per heavy atom. The van der Waals surface area contributed by atoms with E-state index in [9.17, 15) is 9.90 Å². The van der Waals surface area contributed by atoms with Crippen LogP contribution in [-0.2, 0) is 6.54 Å². The van der Waals surface area contributed by atoms with E-state index in [1.807, 2.05) is 17.7 Å². The molecular weight excluding hydrogens is 379 g/mol. The summed E-state index contributed by atoms with van der Waals surface area (Å²) in [6.07, 6.45) is 2.77. The van der Waals surface area contributed by atoms with E-state index in [2.05, 4.69) is 21.2 Å². The Balaban J connectivity index is 2.26. The van der Waals surface area contributed by atoms with E-state index in [1.54, 1.807) is 6.07 Å². The molecule has 2 N–H and O–H groups in total. The van der Waals surface area contributed by atoms with Gasteiger partial charge in [0, 0.05) is 22.9 Å². The first-order valence-electron chi connectivity index (χ1n) is 6.27. The first-order chi connectivity index (χ1) is 9.92. The molecule has 2 aromatic rings. The highest BCUT2D eigenvalue weighted by atomic mass is 79.9. The van der Waals surface area contributed by atoms with Crippen LogP contribution < -0.4 is 5.32 Å². The standard InChI is InChI=1S/C14H13BrCl2N2O2/c1-2-3-19-7-8(15)4-12(19)14(21)18-9-5-10(16)13(20)11(17)6-9/h4-7,20H,2-3H2,1H3,(H,18,21). The normalized spacial score (nSPS) is 10.7. The molecule has 7 heteroatoms. The highest BCUT2D eigenvalue weighted by Crippen LogP contribution is 2.34. The maximum absolute atomic E-state index is 12.3. The Bertz CT molecular complexity index is 663. The fourth-order valence-corrected chi connectivity index (χ4v) is 2.87. The van der Waals surface area contributed by atoms with E-state index in [4.69, 9.17) is 23.2 Å².